The first-order chi connectivity index (χ1) is 13.7. The van der Waals surface area contributed by atoms with Crippen molar-refractivity contribution in [1.82, 2.24) is 4.90 Å². The largest absolute Gasteiger partial charge is 0.480 e. The van der Waals surface area contributed by atoms with Crippen LogP contribution in [0.4, 0.5) is 11.4 Å². The molecule has 29 heavy (non-hydrogen) atoms. The molecule has 2 aromatic rings. The first kappa shape index (κ1) is 21.4. The van der Waals surface area contributed by atoms with Gasteiger partial charge in [0.05, 0.1) is 0 Å². The van der Waals surface area contributed by atoms with E-state index in [1.54, 1.807) is 0 Å². The summed E-state index contributed by atoms with van der Waals surface area (Å²) in [5.41, 5.74) is 5.32. The minimum absolute atomic E-state index is 0. The molecule has 0 saturated carbocycles. The minimum Gasteiger partial charge on any atom is -0.480 e. The molecule has 4 rings (SSSR count). The van der Waals surface area contributed by atoms with Crippen LogP contribution in [0, 0.1) is 0 Å². The average Bonchev–Trinajstić information content (AvgIpc) is 2.88. The topological polar surface area (TPSA) is 43.8 Å². The number of hydrogen-bond donors (Lipinski definition) is 1. The molecule has 2 aliphatic heterocycles. The van der Waals surface area contributed by atoms with E-state index < -0.39 is 5.97 Å². The Bertz CT molecular complexity index is 820. The Labute approximate surface area is 179 Å². The Morgan fingerprint density at radius 1 is 0.931 bits per heavy atom. The Morgan fingerprint density at radius 2 is 1.52 bits per heavy atom. The first-order valence-corrected chi connectivity index (χ1v) is 10.3. The number of hydrogen-bond acceptors (Lipinski definition) is 3. The molecule has 0 radical (unpaired) electrons. The molecule has 0 aromatic heterocycles. The second kappa shape index (κ2) is 9.95. The Balaban J connectivity index is 0.00000240. The third-order valence-corrected chi connectivity index (χ3v) is 5.92. The van der Waals surface area contributed by atoms with Crippen LogP contribution in [0.15, 0.2) is 60.7 Å². The van der Waals surface area contributed by atoms with Gasteiger partial charge in [-0.05, 0) is 55.5 Å². The van der Waals surface area contributed by atoms with Gasteiger partial charge in [0, 0.05) is 24.5 Å². The zero-order chi connectivity index (χ0) is 19.3. The lowest BCUT2D eigenvalue weighted by atomic mass is 10.0. The molecule has 1 N–H and O–H groups in total. The van der Waals surface area contributed by atoms with E-state index in [0.717, 1.165) is 45.2 Å². The van der Waals surface area contributed by atoms with Crippen molar-refractivity contribution >= 4 is 29.8 Å². The smallest absolute Gasteiger partial charge is 0.320 e. The van der Waals surface area contributed by atoms with Crippen LogP contribution < -0.4 is 4.90 Å². The standard InChI is InChI=1S/C24H28N2O2.ClH/c27-24(28)23-13-5-6-16-25(23)17-7-8-18-26-21-11-3-1-9-19(21)14-15-20-10-2-4-12-22(20)26;/h1-4,7-12,23H,5-6,13-18H2,(H,27,28);1H/b8-7+;. The average molecular weight is 413 g/mol. The predicted octanol–water partition coefficient (Wildman–Crippen LogP) is 4.84. The fourth-order valence-electron chi connectivity index (χ4n) is 4.45. The van der Waals surface area contributed by atoms with Crippen molar-refractivity contribution in [2.24, 2.45) is 0 Å². The molecule has 0 amide bonds. The quantitative estimate of drug-likeness (QED) is 0.713. The zero-order valence-corrected chi connectivity index (χ0v) is 17.5. The van der Waals surface area contributed by atoms with Gasteiger partial charge in [-0.15, -0.1) is 12.4 Å². The van der Waals surface area contributed by atoms with Crippen molar-refractivity contribution < 1.29 is 9.90 Å². The Kier molecular flexibility index (Phi) is 7.34. The van der Waals surface area contributed by atoms with E-state index in [1.165, 1.54) is 22.5 Å². The Morgan fingerprint density at radius 3 is 2.14 bits per heavy atom. The van der Waals surface area contributed by atoms with E-state index in [0.29, 0.717) is 6.54 Å². The number of carboxylic acid groups (broad SMARTS) is 1. The van der Waals surface area contributed by atoms with Crippen LogP contribution in [0.5, 0.6) is 0 Å². The van der Waals surface area contributed by atoms with Gasteiger partial charge in [0.25, 0.3) is 0 Å². The van der Waals surface area contributed by atoms with Crippen LogP contribution in [-0.4, -0.2) is 41.7 Å². The van der Waals surface area contributed by atoms with Crippen LogP contribution in [0.1, 0.15) is 30.4 Å². The molecule has 2 aliphatic rings. The second-order valence-corrected chi connectivity index (χ2v) is 7.68. The highest BCUT2D eigenvalue weighted by molar-refractivity contribution is 5.85. The summed E-state index contributed by atoms with van der Waals surface area (Å²) in [6.07, 6.45) is 9.30. The highest BCUT2D eigenvalue weighted by atomic mass is 35.5. The maximum atomic E-state index is 11.5. The predicted molar refractivity (Wildman–Crippen MR) is 121 cm³/mol. The fraction of sp³-hybridized carbons (Fsp3) is 0.375. The number of piperidine rings is 1. The molecule has 2 aromatic carbocycles. The normalized spacial score (nSPS) is 19.2. The number of likely N-dealkylation sites (tertiary alicyclic amines) is 1. The number of nitrogens with zero attached hydrogens (tertiary/aromatic N) is 2. The van der Waals surface area contributed by atoms with Gasteiger partial charge in [-0.2, -0.15) is 0 Å². The molecule has 0 aliphatic carbocycles. The lowest BCUT2D eigenvalue weighted by Gasteiger charge is -2.32. The number of anilines is 2. The lowest BCUT2D eigenvalue weighted by molar-refractivity contribution is -0.144. The number of aryl methyl sites for hydroxylation is 2. The molecule has 0 spiro atoms. The molecular weight excluding hydrogens is 384 g/mol. The number of para-hydroxylation sites is 2. The maximum absolute atomic E-state index is 11.5. The van der Waals surface area contributed by atoms with Crippen LogP contribution in [0.3, 0.4) is 0 Å². The van der Waals surface area contributed by atoms with Gasteiger partial charge in [0.1, 0.15) is 6.04 Å². The molecule has 1 saturated heterocycles. The van der Waals surface area contributed by atoms with Gasteiger partial charge in [-0.25, -0.2) is 0 Å². The summed E-state index contributed by atoms with van der Waals surface area (Å²) in [5.74, 6) is -0.691. The van der Waals surface area contributed by atoms with Crippen molar-refractivity contribution in [2.75, 3.05) is 24.5 Å². The van der Waals surface area contributed by atoms with E-state index in [9.17, 15) is 9.90 Å². The van der Waals surface area contributed by atoms with E-state index in [-0.39, 0.29) is 18.4 Å². The number of carboxylic acids is 1. The zero-order valence-electron chi connectivity index (χ0n) is 16.7. The van der Waals surface area contributed by atoms with Crippen molar-refractivity contribution in [1.29, 1.82) is 0 Å². The van der Waals surface area contributed by atoms with Gasteiger partial charge >= 0.3 is 5.97 Å². The molecule has 4 nitrogen and oxygen atoms in total. The van der Waals surface area contributed by atoms with Crippen LogP contribution in [0.2, 0.25) is 0 Å². The lowest BCUT2D eigenvalue weighted by Crippen LogP contribution is -2.44. The molecule has 1 fully saturated rings. The van der Waals surface area contributed by atoms with Crippen molar-refractivity contribution in [2.45, 2.75) is 38.1 Å². The molecule has 1 unspecified atom stereocenters. The number of aliphatic carboxylic acids is 1. The summed E-state index contributed by atoms with van der Waals surface area (Å²) >= 11 is 0. The van der Waals surface area contributed by atoms with Crippen LogP contribution in [-0.2, 0) is 17.6 Å². The van der Waals surface area contributed by atoms with Gasteiger partial charge in [0.2, 0.25) is 0 Å². The SMILES string of the molecule is Cl.O=C(O)C1CCCCN1C/C=C/CN1c2ccccc2CCc2ccccc21. The highest BCUT2D eigenvalue weighted by Crippen LogP contribution is 2.35. The van der Waals surface area contributed by atoms with E-state index in [1.807, 2.05) is 0 Å². The van der Waals surface area contributed by atoms with Gasteiger partial charge in [-0.1, -0.05) is 55.0 Å². The van der Waals surface area contributed by atoms with Gasteiger partial charge < -0.3 is 10.0 Å². The number of rotatable bonds is 5. The van der Waals surface area contributed by atoms with Crippen molar-refractivity contribution in [3.63, 3.8) is 0 Å². The van der Waals surface area contributed by atoms with Gasteiger partial charge in [-0.3, -0.25) is 9.69 Å². The first-order valence-electron chi connectivity index (χ1n) is 10.3. The molecule has 2 heterocycles. The number of carbonyl (C=O) groups is 1. The monoisotopic (exact) mass is 412 g/mol. The van der Waals surface area contributed by atoms with E-state index >= 15 is 0 Å². The summed E-state index contributed by atoms with van der Waals surface area (Å²) in [5, 5.41) is 9.44. The third kappa shape index (κ3) is 4.82. The molecule has 1 atom stereocenters. The summed E-state index contributed by atoms with van der Waals surface area (Å²) in [4.78, 5) is 16.0. The number of benzene rings is 2. The van der Waals surface area contributed by atoms with Crippen molar-refractivity contribution in [3.05, 3.63) is 71.8 Å². The summed E-state index contributed by atoms with van der Waals surface area (Å²) < 4.78 is 0. The molecular formula is C24H29ClN2O2. The van der Waals surface area contributed by atoms with Crippen LogP contribution >= 0.6 is 12.4 Å². The second-order valence-electron chi connectivity index (χ2n) is 7.68. The van der Waals surface area contributed by atoms with Crippen LogP contribution in [0.25, 0.3) is 0 Å². The van der Waals surface area contributed by atoms with E-state index in [4.69, 9.17) is 0 Å². The Hall–Kier alpha value is -2.30. The van der Waals surface area contributed by atoms with E-state index in [2.05, 4.69) is 70.5 Å². The molecule has 0 bridgehead atoms. The molecule has 154 valence electrons. The number of fused-ring (bicyclic) bond motifs is 2. The minimum atomic E-state index is -0.691. The maximum Gasteiger partial charge on any atom is 0.320 e. The molecule has 5 heteroatoms. The third-order valence-electron chi connectivity index (χ3n) is 5.92. The summed E-state index contributed by atoms with van der Waals surface area (Å²) in [6.45, 7) is 2.37. The fourth-order valence-corrected chi connectivity index (χ4v) is 4.45. The summed E-state index contributed by atoms with van der Waals surface area (Å²) in [7, 11) is 0. The van der Waals surface area contributed by atoms with Crippen molar-refractivity contribution in [3.8, 4) is 0 Å². The highest BCUT2D eigenvalue weighted by Gasteiger charge is 2.27. The van der Waals surface area contributed by atoms with Gasteiger partial charge in [0.15, 0.2) is 0 Å². The summed E-state index contributed by atoms with van der Waals surface area (Å²) in [6, 6.07) is 17.0. The number of halogens is 1.